The Morgan fingerprint density at radius 2 is 2.08 bits per heavy atom. The third kappa shape index (κ3) is 2.96. The second-order valence-electron chi connectivity index (χ2n) is 5.18. The number of carbonyl (C=O) groups is 2. The third-order valence-electron chi connectivity index (χ3n) is 3.48. The highest BCUT2D eigenvalue weighted by Crippen LogP contribution is 2.24. The van der Waals surface area contributed by atoms with E-state index >= 15 is 0 Å². The van der Waals surface area contributed by atoms with Gasteiger partial charge in [-0.25, -0.2) is 9.78 Å². The topological polar surface area (TPSA) is 72.7 Å². The number of esters is 1. The van der Waals surface area contributed by atoms with Crippen molar-refractivity contribution >= 4 is 34.8 Å². The molecule has 3 rings (SSSR count). The van der Waals surface area contributed by atoms with E-state index in [1.165, 1.54) is 25.3 Å². The molecule has 6 nitrogen and oxygen atoms in total. The molecule has 24 heavy (non-hydrogen) atoms. The second kappa shape index (κ2) is 6.33. The number of aryl methyl sites for hydroxylation is 1. The molecule has 3 aromatic rings. The number of halogens is 1. The van der Waals surface area contributed by atoms with E-state index in [1.807, 2.05) is 19.3 Å². The molecule has 0 bridgehead atoms. The van der Waals surface area contributed by atoms with Crippen molar-refractivity contribution in [2.75, 3.05) is 12.4 Å². The Kier molecular flexibility index (Phi) is 4.22. The first-order valence-corrected chi connectivity index (χ1v) is 7.51. The van der Waals surface area contributed by atoms with Gasteiger partial charge in [0.2, 0.25) is 0 Å². The van der Waals surface area contributed by atoms with Crippen molar-refractivity contribution in [2.45, 2.75) is 6.92 Å². The predicted molar refractivity (Wildman–Crippen MR) is 90.7 cm³/mol. The summed E-state index contributed by atoms with van der Waals surface area (Å²) in [5.74, 6) is -0.872. The number of hydrogen-bond acceptors (Lipinski definition) is 4. The van der Waals surface area contributed by atoms with Gasteiger partial charge in [-0.3, -0.25) is 4.79 Å². The van der Waals surface area contributed by atoms with Crippen LogP contribution in [0.25, 0.3) is 5.65 Å². The molecule has 0 saturated carbocycles. The first kappa shape index (κ1) is 16.0. The minimum absolute atomic E-state index is 0.298. The van der Waals surface area contributed by atoms with E-state index in [-0.39, 0.29) is 5.91 Å². The number of nitrogens with one attached hydrogen (secondary N) is 1. The number of benzene rings is 1. The quantitative estimate of drug-likeness (QED) is 0.740. The van der Waals surface area contributed by atoms with Crippen LogP contribution < -0.4 is 5.32 Å². The van der Waals surface area contributed by atoms with Crippen molar-refractivity contribution in [3.63, 3.8) is 0 Å². The Labute approximate surface area is 143 Å². The molecule has 0 atom stereocenters. The highest BCUT2D eigenvalue weighted by atomic mass is 35.5. The fourth-order valence-corrected chi connectivity index (χ4v) is 2.53. The van der Waals surface area contributed by atoms with Crippen molar-refractivity contribution in [1.29, 1.82) is 0 Å². The molecule has 1 aromatic carbocycles. The van der Waals surface area contributed by atoms with Crippen LogP contribution >= 0.6 is 11.6 Å². The van der Waals surface area contributed by atoms with Crippen LogP contribution in [0.1, 0.15) is 26.4 Å². The molecule has 0 unspecified atom stereocenters. The van der Waals surface area contributed by atoms with E-state index in [1.54, 1.807) is 16.5 Å². The van der Waals surface area contributed by atoms with Crippen molar-refractivity contribution in [3.8, 4) is 0 Å². The van der Waals surface area contributed by atoms with Crippen molar-refractivity contribution in [3.05, 3.63) is 64.6 Å². The molecule has 7 heteroatoms. The maximum atomic E-state index is 12.6. The molecule has 122 valence electrons. The molecule has 2 heterocycles. The summed E-state index contributed by atoms with van der Waals surface area (Å²) in [6.07, 6.45) is 3.65. The van der Waals surface area contributed by atoms with Gasteiger partial charge in [0.25, 0.3) is 5.91 Å². The zero-order chi connectivity index (χ0) is 17.3. The normalized spacial score (nSPS) is 10.6. The van der Waals surface area contributed by atoms with Gasteiger partial charge < -0.3 is 14.5 Å². The first-order valence-electron chi connectivity index (χ1n) is 7.13. The first-order chi connectivity index (χ1) is 11.5. The van der Waals surface area contributed by atoms with Crippen LogP contribution in [0.3, 0.4) is 0 Å². The molecular weight excluding hydrogens is 330 g/mol. The maximum absolute atomic E-state index is 12.6. The largest absolute Gasteiger partial charge is 0.465 e. The van der Waals surface area contributed by atoms with E-state index in [2.05, 4.69) is 15.0 Å². The van der Waals surface area contributed by atoms with E-state index < -0.39 is 5.97 Å². The van der Waals surface area contributed by atoms with Crippen LogP contribution in [0.5, 0.6) is 0 Å². The molecule has 0 radical (unpaired) electrons. The summed E-state index contributed by atoms with van der Waals surface area (Å²) < 4.78 is 6.45. The predicted octanol–water partition coefficient (Wildman–Crippen LogP) is 3.34. The van der Waals surface area contributed by atoms with Gasteiger partial charge in [-0.1, -0.05) is 11.6 Å². The average molecular weight is 344 g/mol. The summed E-state index contributed by atoms with van der Waals surface area (Å²) in [4.78, 5) is 28.6. The molecule has 0 aliphatic rings. The Bertz CT molecular complexity index is 949. The number of rotatable bonds is 3. The van der Waals surface area contributed by atoms with E-state index in [9.17, 15) is 9.59 Å². The molecule has 0 aliphatic carbocycles. The van der Waals surface area contributed by atoms with E-state index in [0.29, 0.717) is 27.5 Å². The maximum Gasteiger partial charge on any atom is 0.337 e. The highest BCUT2D eigenvalue weighted by molar-refractivity contribution is 6.34. The summed E-state index contributed by atoms with van der Waals surface area (Å²) in [6.45, 7) is 1.85. The molecule has 0 spiro atoms. The number of ether oxygens (including phenoxy) is 1. The summed E-state index contributed by atoms with van der Waals surface area (Å²) in [6, 6.07) is 7.97. The fraction of sp³-hybridized carbons (Fsp3) is 0.118. The number of methoxy groups -OCH3 is 1. The van der Waals surface area contributed by atoms with Crippen LogP contribution in [0.4, 0.5) is 5.69 Å². The number of fused-ring (bicyclic) bond motifs is 1. The van der Waals surface area contributed by atoms with Gasteiger partial charge in [0.05, 0.1) is 34.6 Å². The number of anilines is 1. The standard InChI is InChI=1S/C17H14ClN3O3/c1-10-9-21-7-3-4-12(15(21)19-10)16(22)20-14-8-11(17(23)24-2)5-6-13(14)18/h3-9H,1-2H3,(H,20,22). The van der Waals surface area contributed by atoms with Gasteiger partial charge in [-0.15, -0.1) is 0 Å². The SMILES string of the molecule is COC(=O)c1ccc(Cl)c(NC(=O)c2cccn3cc(C)nc23)c1. The minimum atomic E-state index is -0.506. The van der Waals surface area contributed by atoms with Gasteiger partial charge in [0.15, 0.2) is 0 Å². The smallest absolute Gasteiger partial charge is 0.337 e. The zero-order valence-corrected chi connectivity index (χ0v) is 13.8. The van der Waals surface area contributed by atoms with Crippen molar-refractivity contribution in [1.82, 2.24) is 9.38 Å². The Balaban J connectivity index is 1.95. The summed E-state index contributed by atoms with van der Waals surface area (Å²) >= 11 is 6.11. The summed E-state index contributed by atoms with van der Waals surface area (Å²) in [7, 11) is 1.29. The number of carbonyl (C=O) groups excluding carboxylic acids is 2. The Morgan fingerprint density at radius 3 is 2.83 bits per heavy atom. The van der Waals surface area contributed by atoms with Crippen LogP contribution in [-0.2, 0) is 4.74 Å². The van der Waals surface area contributed by atoms with Crippen LogP contribution in [-0.4, -0.2) is 28.4 Å². The molecule has 1 N–H and O–H groups in total. The van der Waals surface area contributed by atoms with E-state index in [4.69, 9.17) is 11.6 Å². The lowest BCUT2D eigenvalue weighted by molar-refractivity contribution is 0.0600. The zero-order valence-electron chi connectivity index (χ0n) is 13.0. The highest BCUT2D eigenvalue weighted by Gasteiger charge is 2.15. The summed E-state index contributed by atoms with van der Waals surface area (Å²) in [5, 5.41) is 3.04. The van der Waals surface area contributed by atoms with Crippen molar-refractivity contribution in [2.24, 2.45) is 0 Å². The average Bonchev–Trinajstić information content (AvgIpc) is 2.96. The van der Waals surface area contributed by atoms with Gasteiger partial charge in [0, 0.05) is 12.4 Å². The second-order valence-corrected chi connectivity index (χ2v) is 5.58. The number of nitrogens with zero attached hydrogens (tertiary/aromatic N) is 2. The number of hydrogen-bond donors (Lipinski definition) is 1. The van der Waals surface area contributed by atoms with Crippen LogP contribution in [0.2, 0.25) is 5.02 Å². The third-order valence-corrected chi connectivity index (χ3v) is 3.81. The number of aromatic nitrogens is 2. The minimum Gasteiger partial charge on any atom is -0.465 e. The number of imidazole rings is 1. The van der Waals surface area contributed by atoms with Crippen LogP contribution in [0.15, 0.2) is 42.7 Å². The molecule has 1 amide bonds. The Morgan fingerprint density at radius 1 is 1.29 bits per heavy atom. The molecule has 0 fully saturated rings. The van der Waals surface area contributed by atoms with E-state index in [0.717, 1.165) is 5.69 Å². The summed E-state index contributed by atoms with van der Waals surface area (Å²) in [5.41, 5.74) is 2.39. The molecule has 2 aromatic heterocycles. The lowest BCUT2D eigenvalue weighted by atomic mass is 10.2. The van der Waals surface area contributed by atoms with Gasteiger partial charge in [-0.2, -0.15) is 0 Å². The van der Waals surface area contributed by atoms with Crippen molar-refractivity contribution < 1.29 is 14.3 Å². The van der Waals surface area contributed by atoms with Gasteiger partial charge >= 0.3 is 5.97 Å². The van der Waals surface area contributed by atoms with Gasteiger partial charge in [0.1, 0.15) is 5.65 Å². The lowest BCUT2D eigenvalue weighted by Gasteiger charge is -2.09. The molecule has 0 aliphatic heterocycles. The Hall–Kier alpha value is -2.86. The fourth-order valence-electron chi connectivity index (χ4n) is 2.37. The monoisotopic (exact) mass is 343 g/mol. The molecular formula is C17H14ClN3O3. The lowest BCUT2D eigenvalue weighted by Crippen LogP contribution is -2.14. The van der Waals surface area contributed by atoms with Gasteiger partial charge in [-0.05, 0) is 37.3 Å². The number of pyridine rings is 1. The molecule has 0 saturated heterocycles. The number of amides is 1. The van der Waals surface area contributed by atoms with Crippen LogP contribution in [0, 0.1) is 6.92 Å².